The van der Waals surface area contributed by atoms with Gasteiger partial charge in [-0.25, -0.2) is 4.79 Å². The number of halogens is 1. The zero-order valence-corrected chi connectivity index (χ0v) is 18.7. The number of carbonyl (C=O) groups excluding carboxylic acids is 4. The normalized spacial score (nSPS) is 10.2. The molecular weight excluding hydrogens is 436 g/mol. The van der Waals surface area contributed by atoms with Crippen molar-refractivity contribution in [1.82, 2.24) is 0 Å². The van der Waals surface area contributed by atoms with Gasteiger partial charge in [0.25, 0.3) is 5.91 Å². The van der Waals surface area contributed by atoms with E-state index in [0.717, 1.165) is 6.42 Å². The van der Waals surface area contributed by atoms with E-state index in [0.29, 0.717) is 34.1 Å². The summed E-state index contributed by atoms with van der Waals surface area (Å²) in [6.07, 6.45) is 0.430. The summed E-state index contributed by atoms with van der Waals surface area (Å²) in [4.78, 5) is 47.6. The predicted octanol–water partition coefficient (Wildman–Crippen LogP) is 4.12. The molecule has 0 spiro atoms. The molecule has 2 rings (SSSR count). The molecule has 2 amide bonds. The number of anilines is 2. The molecule has 170 valence electrons. The van der Waals surface area contributed by atoms with Crippen LogP contribution in [-0.2, 0) is 23.9 Å². The van der Waals surface area contributed by atoms with Crippen LogP contribution in [0, 0.1) is 6.92 Å². The highest BCUT2D eigenvalue weighted by molar-refractivity contribution is 6.31. The average molecular weight is 461 g/mol. The standard InChI is InChI=1S/C23H25ClN2O6/c1-3-13-31-23(30)16-7-9-17(10-8-16)25-20(27)11-12-22(29)32-14-21(28)26-19-6-4-5-18(24)15(19)2/h4-10H,3,11-14H2,1-2H3,(H,25,27)(H,26,28). The van der Waals surface area contributed by atoms with Gasteiger partial charge < -0.3 is 20.1 Å². The first-order chi connectivity index (χ1) is 15.3. The second-order valence-electron chi connectivity index (χ2n) is 6.88. The number of amides is 2. The largest absolute Gasteiger partial charge is 0.462 e. The lowest BCUT2D eigenvalue weighted by Gasteiger charge is -2.10. The molecule has 0 bridgehead atoms. The number of esters is 2. The van der Waals surface area contributed by atoms with Gasteiger partial charge in [-0.1, -0.05) is 24.6 Å². The van der Waals surface area contributed by atoms with Crippen LogP contribution < -0.4 is 10.6 Å². The first-order valence-corrected chi connectivity index (χ1v) is 10.5. The van der Waals surface area contributed by atoms with E-state index >= 15 is 0 Å². The van der Waals surface area contributed by atoms with Gasteiger partial charge in [0.05, 0.1) is 18.6 Å². The molecule has 0 atom stereocenters. The van der Waals surface area contributed by atoms with Gasteiger partial charge in [-0.15, -0.1) is 0 Å². The van der Waals surface area contributed by atoms with Crippen LogP contribution in [0.4, 0.5) is 11.4 Å². The first kappa shape index (κ1) is 24.9. The number of hydrogen-bond donors (Lipinski definition) is 2. The van der Waals surface area contributed by atoms with Crippen LogP contribution in [0.5, 0.6) is 0 Å². The molecule has 0 saturated heterocycles. The smallest absolute Gasteiger partial charge is 0.338 e. The van der Waals surface area contributed by atoms with Gasteiger partial charge in [0, 0.05) is 22.8 Å². The Hall–Kier alpha value is -3.39. The minimum atomic E-state index is -0.674. The molecule has 9 heteroatoms. The number of rotatable bonds is 10. The molecule has 0 saturated carbocycles. The van der Waals surface area contributed by atoms with Crippen LogP contribution in [-0.4, -0.2) is 37.0 Å². The molecule has 2 aromatic rings. The Balaban J connectivity index is 1.71. The highest BCUT2D eigenvalue weighted by Gasteiger charge is 2.13. The maximum absolute atomic E-state index is 12.0. The van der Waals surface area contributed by atoms with Crippen LogP contribution in [0.2, 0.25) is 5.02 Å². The molecule has 32 heavy (non-hydrogen) atoms. The molecule has 0 unspecified atom stereocenters. The van der Waals surface area contributed by atoms with E-state index in [1.54, 1.807) is 49.4 Å². The SMILES string of the molecule is CCCOC(=O)c1ccc(NC(=O)CCC(=O)OCC(=O)Nc2cccc(Cl)c2C)cc1. The molecule has 8 nitrogen and oxygen atoms in total. The van der Waals surface area contributed by atoms with Crippen molar-refractivity contribution in [2.75, 3.05) is 23.8 Å². The third-order valence-corrected chi connectivity index (χ3v) is 4.71. The predicted molar refractivity (Wildman–Crippen MR) is 121 cm³/mol. The van der Waals surface area contributed by atoms with Crippen LogP contribution in [0.1, 0.15) is 42.1 Å². The van der Waals surface area contributed by atoms with E-state index in [-0.39, 0.29) is 12.8 Å². The number of nitrogens with one attached hydrogen (secondary N) is 2. The summed E-state index contributed by atoms with van der Waals surface area (Å²) in [7, 11) is 0. The number of benzene rings is 2. The molecule has 2 N–H and O–H groups in total. The highest BCUT2D eigenvalue weighted by atomic mass is 35.5. The Morgan fingerprint density at radius 1 is 0.906 bits per heavy atom. The second kappa shape index (κ2) is 12.5. The van der Waals surface area contributed by atoms with Gasteiger partial charge in [0.15, 0.2) is 6.61 Å². The van der Waals surface area contributed by atoms with Gasteiger partial charge in [-0.3, -0.25) is 14.4 Å². The summed E-state index contributed by atoms with van der Waals surface area (Å²) in [5.74, 6) is -2.01. The van der Waals surface area contributed by atoms with E-state index in [2.05, 4.69) is 10.6 Å². The first-order valence-electron chi connectivity index (χ1n) is 10.1. The van der Waals surface area contributed by atoms with Gasteiger partial charge in [-0.05, 0) is 55.3 Å². The van der Waals surface area contributed by atoms with Gasteiger partial charge in [0.1, 0.15) is 0 Å². The van der Waals surface area contributed by atoms with Crippen molar-refractivity contribution in [3.05, 3.63) is 58.6 Å². The van der Waals surface area contributed by atoms with Crippen molar-refractivity contribution < 1.29 is 28.7 Å². The minimum Gasteiger partial charge on any atom is -0.462 e. The third-order valence-electron chi connectivity index (χ3n) is 4.30. The number of ether oxygens (including phenoxy) is 2. The fourth-order valence-corrected chi connectivity index (χ4v) is 2.73. The van der Waals surface area contributed by atoms with Crippen molar-refractivity contribution in [2.45, 2.75) is 33.1 Å². The Labute approximate surface area is 191 Å². The minimum absolute atomic E-state index is 0.117. The van der Waals surface area contributed by atoms with Crippen molar-refractivity contribution in [1.29, 1.82) is 0 Å². The Morgan fingerprint density at radius 3 is 2.31 bits per heavy atom. The maximum atomic E-state index is 12.0. The topological polar surface area (TPSA) is 111 Å². The molecule has 0 radical (unpaired) electrons. The van der Waals surface area contributed by atoms with Crippen LogP contribution >= 0.6 is 11.6 Å². The summed E-state index contributed by atoms with van der Waals surface area (Å²) in [5.41, 5.74) is 2.09. The lowest BCUT2D eigenvalue weighted by molar-refractivity contribution is -0.147. The van der Waals surface area contributed by atoms with Crippen LogP contribution in [0.15, 0.2) is 42.5 Å². The molecule has 0 heterocycles. The fourth-order valence-electron chi connectivity index (χ4n) is 2.55. The van der Waals surface area contributed by atoms with Crippen LogP contribution in [0.3, 0.4) is 0 Å². The summed E-state index contributed by atoms with van der Waals surface area (Å²) < 4.78 is 9.94. The lowest BCUT2D eigenvalue weighted by atomic mass is 10.2. The zero-order valence-electron chi connectivity index (χ0n) is 17.9. The van der Waals surface area contributed by atoms with E-state index in [9.17, 15) is 19.2 Å². The van der Waals surface area contributed by atoms with E-state index < -0.39 is 30.4 Å². The fraction of sp³-hybridized carbons (Fsp3) is 0.304. The van der Waals surface area contributed by atoms with Crippen molar-refractivity contribution in [2.24, 2.45) is 0 Å². The van der Waals surface area contributed by atoms with E-state index in [4.69, 9.17) is 21.1 Å². The average Bonchev–Trinajstić information content (AvgIpc) is 2.78. The quantitative estimate of drug-likeness (QED) is 0.516. The lowest BCUT2D eigenvalue weighted by Crippen LogP contribution is -2.22. The number of hydrogen-bond acceptors (Lipinski definition) is 6. The molecule has 0 aliphatic heterocycles. The molecular formula is C23H25ClN2O6. The van der Waals surface area contributed by atoms with Gasteiger partial charge in [0.2, 0.25) is 5.91 Å². The van der Waals surface area contributed by atoms with Crippen molar-refractivity contribution >= 4 is 46.7 Å². The summed E-state index contributed by atoms with van der Waals surface area (Å²) >= 11 is 6.00. The summed E-state index contributed by atoms with van der Waals surface area (Å²) in [6, 6.07) is 11.3. The van der Waals surface area contributed by atoms with Gasteiger partial charge in [-0.2, -0.15) is 0 Å². The molecule has 0 aliphatic rings. The molecule has 0 aromatic heterocycles. The zero-order chi connectivity index (χ0) is 23.5. The summed E-state index contributed by atoms with van der Waals surface area (Å²) in [6.45, 7) is 3.53. The monoisotopic (exact) mass is 460 g/mol. The van der Waals surface area contributed by atoms with E-state index in [1.807, 2.05) is 6.92 Å². The van der Waals surface area contributed by atoms with Gasteiger partial charge >= 0.3 is 11.9 Å². The molecule has 2 aromatic carbocycles. The molecule has 0 aliphatic carbocycles. The van der Waals surface area contributed by atoms with Crippen molar-refractivity contribution in [3.8, 4) is 0 Å². The third kappa shape index (κ3) is 8.03. The molecule has 0 fully saturated rings. The summed E-state index contributed by atoms with van der Waals surface area (Å²) in [5, 5.41) is 5.75. The Kier molecular flexibility index (Phi) is 9.69. The van der Waals surface area contributed by atoms with E-state index in [1.165, 1.54) is 0 Å². The maximum Gasteiger partial charge on any atom is 0.338 e. The highest BCUT2D eigenvalue weighted by Crippen LogP contribution is 2.22. The Morgan fingerprint density at radius 2 is 1.62 bits per heavy atom. The van der Waals surface area contributed by atoms with Crippen molar-refractivity contribution in [3.63, 3.8) is 0 Å². The second-order valence-corrected chi connectivity index (χ2v) is 7.29. The number of carbonyl (C=O) groups is 4. The Bertz CT molecular complexity index is 975. The van der Waals surface area contributed by atoms with Crippen LogP contribution in [0.25, 0.3) is 0 Å².